The number of nitrogens with one attached hydrogen (secondary N) is 1. The first-order chi connectivity index (χ1) is 10.5. The monoisotopic (exact) mass is 364 g/mol. The van der Waals surface area contributed by atoms with E-state index in [2.05, 4.69) is 5.32 Å². The minimum atomic E-state index is -0.408. The molecule has 1 heterocycles. The Morgan fingerprint density at radius 2 is 1.73 bits per heavy atom. The third-order valence-electron chi connectivity index (χ3n) is 3.23. The molecule has 0 saturated carbocycles. The van der Waals surface area contributed by atoms with Crippen LogP contribution in [0.15, 0.2) is 12.1 Å². The maximum Gasteiger partial charge on any atom is 0.258 e. The number of benzene rings is 1. The van der Waals surface area contributed by atoms with Gasteiger partial charge in [-0.05, 0) is 18.9 Å². The number of halogens is 3. The van der Waals surface area contributed by atoms with Crippen molar-refractivity contribution in [3.05, 3.63) is 27.2 Å². The van der Waals surface area contributed by atoms with Crippen LogP contribution < -0.4 is 10.1 Å². The van der Waals surface area contributed by atoms with Gasteiger partial charge in [0.05, 0.1) is 21.6 Å². The molecule has 0 radical (unpaired) electrons. The van der Waals surface area contributed by atoms with E-state index in [1.807, 2.05) is 0 Å². The van der Waals surface area contributed by atoms with Gasteiger partial charge in [-0.2, -0.15) is 0 Å². The van der Waals surface area contributed by atoms with Gasteiger partial charge in [0, 0.05) is 19.2 Å². The van der Waals surface area contributed by atoms with Crippen molar-refractivity contribution in [2.24, 2.45) is 0 Å². The number of ether oxygens (including phenoxy) is 1. The fourth-order valence-electron chi connectivity index (χ4n) is 2.06. The molecule has 0 unspecified atom stereocenters. The van der Waals surface area contributed by atoms with Gasteiger partial charge in [-0.3, -0.25) is 9.59 Å². The lowest BCUT2D eigenvalue weighted by atomic mass is 10.3. The second-order valence-corrected chi connectivity index (χ2v) is 6.07. The minimum absolute atomic E-state index is 0.0305. The van der Waals surface area contributed by atoms with Crippen LogP contribution >= 0.6 is 34.8 Å². The van der Waals surface area contributed by atoms with Crippen LogP contribution in [-0.4, -0.2) is 43.0 Å². The average molecular weight is 366 g/mol. The summed E-state index contributed by atoms with van der Waals surface area (Å²) in [5.41, 5.74) is 0. The van der Waals surface area contributed by atoms with Gasteiger partial charge in [0.2, 0.25) is 5.91 Å². The zero-order valence-corrected chi connectivity index (χ0v) is 14.0. The summed E-state index contributed by atoms with van der Waals surface area (Å²) >= 11 is 17.6. The van der Waals surface area contributed by atoms with Gasteiger partial charge < -0.3 is 15.0 Å². The fraction of sp³-hybridized carbons (Fsp3) is 0.429. The van der Waals surface area contributed by atoms with Crippen LogP contribution in [0.4, 0.5) is 0 Å². The molecule has 0 atom stereocenters. The smallest absolute Gasteiger partial charge is 0.258 e. The average Bonchev–Trinajstić information content (AvgIpc) is 3.01. The second-order valence-electron chi connectivity index (χ2n) is 4.85. The lowest BCUT2D eigenvalue weighted by molar-refractivity contribution is -0.132. The molecule has 1 aliphatic rings. The molecule has 2 amide bonds. The quantitative estimate of drug-likeness (QED) is 0.816. The summed E-state index contributed by atoms with van der Waals surface area (Å²) in [6, 6.07) is 2.88. The first-order valence-electron chi connectivity index (χ1n) is 6.79. The van der Waals surface area contributed by atoms with Gasteiger partial charge in [-0.1, -0.05) is 34.8 Å². The summed E-state index contributed by atoms with van der Waals surface area (Å²) in [4.78, 5) is 25.2. The molecule has 1 aliphatic heterocycles. The highest BCUT2D eigenvalue weighted by Crippen LogP contribution is 2.33. The number of likely N-dealkylation sites (tertiary alicyclic amines) is 1. The van der Waals surface area contributed by atoms with Crippen molar-refractivity contribution in [1.82, 2.24) is 10.2 Å². The summed E-state index contributed by atoms with van der Waals surface area (Å²) in [6.45, 7) is 1.22. The Morgan fingerprint density at radius 1 is 1.09 bits per heavy atom. The highest BCUT2D eigenvalue weighted by molar-refractivity contribution is 6.43. The molecule has 1 saturated heterocycles. The Bertz CT molecular complexity index is 575. The molecular weight excluding hydrogens is 351 g/mol. The van der Waals surface area contributed by atoms with Crippen LogP contribution in [0, 0.1) is 0 Å². The molecular formula is C14H15Cl3N2O3. The molecule has 0 bridgehead atoms. The van der Waals surface area contributed by atoms with Crippen molar-refractivity contribution in [1.29, 1.82) is 0 Å². The van der Waals surface area contributed by atoms with Gasteiger partial charge in [0.15, 0.2) is 6.61 Å². The van der Waals surface area contributed by atoms with E-state index >= 15 is 0 Å². The summed E-state index contributed by atoms with van der Waals surface area (Å²) < 4.78 is 5.28. The van der Waals surface area contributed by atoms with Crippen molar-refractivity contribution in [3.8, 4) is 5.75 Å². The lowest BCUT2D eigenvalue weighted by Gasteiger charge is -2.15. The molecule has 5 nitrogen and oxygen atoms in total. The standard InChI is InChI=1S/C14H15Cl3N2O3/c15-9-5-11(17)12(6-10(9)16)22-8-13(20)18-7-14(21)19-3-1-2-4-19/h5-6H,1-4,7-8H2,(H,18,20). The Hall–Kier alpha value is -1.17. The highest BCUT2D eigenvalue weighted by atomic mass is 35.5. The highest BCUT2D eigenvalue weighted by Gasteiger charge is 2.18. The van der Waals surface area contributed by atoms with Gasteiger partial charge in [0.25, 0.3) is 5.91 Å². The van der Waals surface area contributed by atoms with E-state index < -0.39 is 5.91 Å². The molecule has 1 fully saturated rings. The number of rotatable bonds is 5. The molecule has 1 aromatic rings. The summed E-state index contributed by atoms with van der Waals surface area (Å²) in [7, 11) is 0. The first-order valence-corrected chi connectivity index (χ1v) is 7.92. The second kappa shape index (κ2) is 7.90. The van der Waals surface area contributed by atoms with E-state index in [0.717, 1.165) is 25.9 Å². The molecule has 0 aliphatic carbocycles. The number of nitrogens with zero attached hydrogens (tertiary/aromatic N) is 1. The molecule has 22 heavy (non-hydrogen) atoms. The maximum absolute atomic E-state index is 11.8. The molecule has 1 aromatic carbocycles. The van der Waals surface area contributed by atoms with E-state index in [9.17, 15) is 9.59 Å². The van der Waals surface area contributed by atoms with Crippen LogP contribution in [0.5, 0.6) is 5.75 Å². The Labute approximate surface area is 143 Å². The largest absolute Gasteiger partial charge is 0.482 e. The van der Waals surface area contributed by atoms with E-state index in [0.29, 0.717) is 5.02 Å². The zero-order chi connectivity index (χ0) is 16.1. The number of hydrogen-bond acceptors (Lipinski definition) is 3. The molecule has 0 aromatic heterocycles. The minimum Gasteiger partial charge on any atom is -0.482 e. The van der Waals surface area contributed by atoms with Crippen LogP contribution in [0.25, 0.3) is 0 Å². The normalized spacial score (nSPS) is 14.0. The predicted octanol–water partition coefficient (Wildman–Crippen LogP) is 2.76. The fourth-order valence-corrected chi connectivity index (χ4v) is 2.65. The number of amides is 2. The SMILES string of the molecule is O=C(COc1cc(Cl)c(Cl)cc1Cl)NCC(=O)N1CCCC1. The molecule has 0 spiro atoms. The maximum atomic E-state index is 11.8. The number of carbonyl (C=O) groups excluding carboxylic acids is 2. The van der Waals surface area contributed by atoms with E-state index in [1.54, 1.807) is 4.90 Å². The Kier molecular flexibility index (Phi) is 6.17. The lowest BCUT2D eigenvalue weighted by Crippen LogP contribution is -2.40. The molecule has 120 valence electrons. The van der Waals surface area contributed by atoms with Crippen LogP contribution in [0.1, 0.15) is 12.8 Å². The Balaban J connectivity index is 1.78. The van der Waals surface area contributed by atoms with Crippen molar-refractivity contribution in [2.45, 2.75) is 12.8 Å². The van der Waals surface area contributed by atoms with Gasteiger partial charge >= 0.3 is 0 Å². The van der Waals surface area contributed by atoms with E-state index in [4.69, 9.17) is 39.5 Å². The number of carbonyl (C=O) groups is 2. The zero-order valence-electron chi connectivity index (χ0n) is 11.7. The predicted molar refractivity (Wildman–Crippen MR) is 85.8 cm³/mol. The van der Waals surface area contributed by atoms with Crippen molar-refractivity contribution in [3.63, 3.8) is 0 Å². The van der Waals surface area contributed by atoms with Gasteiger partial charge in [-0.25, -0.2) is 0 Å². The summed E-state index contributed by atoms with van der Waals surface area (Å²) in [6.07, 6.45) is 2.03. The Morgan fingerprint density at radius 3 is 2.41 bits per heavy atom. The summed E-state index contributed by atoms with van der Waals surface area (Å²) in [5.74, 6) is -0.231. The van der Waals surface area contributed by atoms with Crippen LogP contribution in [0.2, 0.25) is 15.1 Å². The van der Waals surface area contributed by atoms with Crippen LogP contribution in [0.3, 0.4) is 0 Å². The van der Waals surface area contributed by atoms with Crippen molar-refractivity contribution in [2.75, 3.05) is 26.2 Å². The molecule has 8 heteroatoms. The topological polar surface area (TPSA) is 58.6 Å². The van der Waals surface area contributed by atoms with E-state index in [1.165, 1.54) is 12.1 Å². The third kappa shape index (κ3) is 4.66. The first kappa shape index (κ1) is 17.2. The van der Waals surface area contributed by atoms with Gasteiger partial charge in [-0.15, -0.1) is 0 Å². The molecule has 2 rings (SSSR count). The van der Waals surface area contributed by atoms with Crippen LogP contribution in [-0.2, 0) is 9.59 Å². The van der Waals surface area contributed by atoms with Crippen molar-refractivity contribution >= 4 is 46.6 Å². The van der Waals surface area contributed by atoms with Gasteiger partial charge in [0.1, 0.15) is 5.75 Å². The van der Waals surface area contributed by atoms with Crippen molar-refractivity contribution < 1.29 is 14.3 Å². The van der Waals surface area contributed by atoms with E-state index in [-0.39, 0.29) is 34.9 Å². The number of hydrogen-bond donors (Lipinski definition) is 1. The molecule has 1 N–H and O–H groups in total. The summed E-state index contributed by atoms with van der Waals surface area (Å²) in [5, 5.41) is 3.37. The third-order valence-corrected chi connectivity index (χ3v) is 4.25.